The number of ether oxygens (including phenoxy) is 2. The second-order valence-corrected chi connectivity index (χ2v) is 29.8. The first-order valence-electron chi connectivity index (χ1n) is 40.9. The summed E-state index contributed by atoms with van der Waals surface area (Å²) >= 11 is 0. The van der Waals surface area contributed by atoms with Gasteiger partial charge < -0.3 is 18.9 Å². The molecule has 0 aromatic carbocycles. The molecular formula is C88H155NO8P+. The van der Waals surface area contributed by atoms with Crippen LogP contribution in [0.2, 0.25) is 0 Å². The Bertz CT molecular complexity index is 2120. The van der Waals surface area contributed by atoms with Crippen LogP contribution in [0, 0.1) is 0 Å². The average Bonchev–Trinajstić information content (AvgIpc) is 1.08. The first-order chi connectivity index (χ1) is 48.0. The molecule has 0 aliphatic heterocycles. The smallest absolute Gasteiger partial charge is 0.462 e. The van der Waals surface area contributed by atoms with Crippen LogP contribution in [0.4, 0.5) is 0 Å². The molecule has 0 rings (SSSR count). The third-order valence-electron chi connectivity index (χ3n) is 17.7. The fourth-order valence-electron chi connectivity index (χ4n) is 11.5. The fraction of sp³-hybridized carbons (Fsp3) is 0.727. The van der Waals surface area contributed by atoms with E-state index in [1.54, 1.807) is 0 Å². The summed E-state index contributed by atoms with van der Waals surface area (Å²) < 4.78 is 34.9. The van der Waals surface area contributed by atoms with Crippen molar-refractivity contribution in [2.24, 2.45) is 0 Å². The number of phosphoric acid groups is 1. The van der Waals surface area contributed by atoms with Crippen molar-refractivity contribution in [1.29, 1.82) is 0 Å². The minimum atomic E-state index is -4.40. The Morgan fingerprint density at radius 1 is 0.316 bits per heavy atom. The minimum absolute atomic E-state index is 0.0301. The highest BCUT2D eigenvalue weighted by molar-refractivity contribution is 7.47. The van der Waals surface area contributed by atoms with E-state index in [0.29, 0.717) is 17.4 Å². The molecule has 0 aliphatic rings. The minimum Gasteiger partial charge on any atom is -0.462 e. The van der Waals surface area contributed by atoms with Crippen molar-refractivity contribution in [2.75, 3.05) is 47.5 Å². The first kappa shape index (κ1) is 94.2. The normalized spacial score (nSPS) is 13.7. The van der Waals surface area contributed by atoms with E-state index in [1.165, 1.54) is 225 Å². The fourth-order valence-corrected chi connectivity index (χ4v) is 12.3. The predicted molar refractivity (Wildman–Crippen MR) is 427 cm³/mol. The van der Waals surface area contributed by atoms with Crippen LogP contribution in [-0.4, -0.2) is 74.9 Å². The quantitative estimate of drug-likeness (QED) is 0.0211. The van der Waals surface area contributed by atoms with Crippen LogP contribution in [0.25, 0.3) is 0 Å². The number of nitrogens with zero attached hydrogens (tertiary/aromatic N) is 1. The monoisotopic (exact) mass is 1390 g/mol. The molecule has 0 radical (unpaired) electrons. The second kappa shape index (κ2) is 77.3. The van der Waals surface area contributed by atoms with Gasteiger partial charge in [0.25, 0.3) is 0 Å². The highest BCUT2D eigenvalue weighted by atomic mass is 31.2. The molecule has 98 heavy (non-hydrogen) atoms. The third kappa shape index (κ3) is 81.1. The molecule has 0 fully saturated rings. The van der Waals surface area contributed by atoms with Crippen molar-refractivity contribution in [3.63, 3.8) is 0 Å². The molecule has 0 spiro atoms. The third-order valence-corrected chi connectivity index (χ3v) is 18.7. The van der Waals surface area contributed by atoms with Gasteiger partial charge in [0.2, 0.25) is 0 Å². The number of carbonyl (C=O) groups excluding carboxylic acids is 2. The summed E-state index contributed by atoms with van der Waals surface area (Å²) in [6, 6.07) is 0. The molecular weight excluding hydrogens is 1230 g/mol. The van der Waals surface area contributed by atoms with Crippen LogP contribution < -0.4 is 0 Å². The number of unbranched alkanes of at least 4 members (excludes halogenated alkanes) is 39. The van der Waals surface area contributed by atoms with Crippen molar-refractivity contribution in [3.8, 4) is 0 Å². The number of hydrogen-bond donors (Lipinski definition) is 1. The Labute approximate surface area is 606 Å². The first-order valence-corrected chi connectivity index (χ1v) is 42.4. The standard InChI is InChI=1S/C88H154NO8P/c1-6-8-10-12-14-16-18-20-22-24-26-28-30-32-34-36-38-40-41-42-43-44-45-46-47-49-51-53-55-57-59-61-63-65-67-69-71-73-75-77-79-81-88(91)97-86(85-96-98(92,93)95-83-82-89(3,4)5)84-94-87(90)80-78-76-74-72-70-68-66-64-62-60-58-56-54-52-50-48-39-37-35-33-31-29-27-25-23-21-19-17-15-13-11-9-7-2/h8-11,14-17,20-23,26-29,32-35,38,40,86H,6-7,12-13,18-19,24-25,30-31,36-37,39,41-85H2,1-5H3/p+1/b10-8-,11-9-,16-14-,17-15-,22-20-,23-21-,28-26-,29-27-,34-32-,35-33-,40-38-. The summed E-state index contributed by atoms with van der Waals surface area (Å²) in [5, 5.41) is 0. The van der Waals surface area contributed by atoms with Gasteiger partial charge in [0, 0.05) is 12.8 Å². The molecule has 0 bridgehead atoms. The van der Waals surface area contributed by atoms with Crippen molar-refractivity contribution in [2.45, 2.75) is 367 Å². The number of rotatable bonds is 75. The Morgan fingerprint density at radius 3 is 0.816 bits per heavy atom. The summed E-state index contributed by atoms with van der Waals surface area (Å²) in [5.41, 5.74) is 0. The van der Waals surface area contributed by atoms with Crippen molar-refractivity contribution < 1.29 is 42.1 Å². The second-order valence-electron chi connectivity index (χ2n) is 28.4. The molecule has 0 aromatic rings. The average molecular weight is 1390 g/mol. The van der Waals surface area contributed by atoms with Gasteiger partial charge in [-0.2, -0.15) is 0 Å². The van der Waals surface area contributed by atoms with E-state index in [4.69, 9.17) is 18.5 Å². The van der Waals surface area contributed by atoms with Gasteiger partial charge in [0.1, 0.15) is 19.8 Å². The molecule has 1 N–H and O–H groups in total. The van der Waals surface area contributed by atoms with E-state index in [9.17, 15) is 19.0 Å². The van der Waals surface area contributed by atoms with Crippen molar-refractivity contribution in [3.05, 3.63) is 134 Å². The molecule has 0 saturated heterocycles. The van der Waals surface area contributed by atoms with Crippen molar-refractivity contribution in [1.82, 2.24) is 0 Å². The maximum atomic E-state index is 12.9. The van der Waals surface area contributed by atoms with Gasteiger partial charge in [-0.3, -0.25) is 18.6 Å². The van der Waals surface area contributed by atoms with E-state index in [1.807, 2.05) is 21.1 Å². The summed E-state index contributed by atoms with van der Waals surface area (Å²) in [4.78, 5) is 36.0. The SMILES string of the molecule is CC/C=C\C/C=C\C/C=C\C/C=C\C/C=C\C/C=C\CCCCCCCCCCCCCCCCCCCCCCCCC(=O)OC(COC(=O)CCCCCCCCCCCCCCCCCCC/C=C\C/C=C\C/C=C\C/C=C\C/C=C\CC)COP(=O)(O)OCC[N+](C)(C)C. The largest absolute Gasteiger partial charge is 0.472 e. The highest BCUT2D eigenvalue weighted by Gasteiger charge is 2.27. The zero-order chi connectivity index (χ0) is 71.1. The van der Waals surface area contributed by atoms with E-state index in [0.717, 1.165) is 103 Å². The van der Waals surface area contributed by atoms with Crippen molar-refractivity contribution >= 4 is 19.8 Å². The lowest BCUT2D eigenvalue weighted by Gasteiger charge is -2.24. The van der Waals surface area contributed by atoms with Crippen LogP contribution in [0.15, 0.2) is 134 Å². The number of esters is 2. The molecule has 0 aromatic heterocycles. The molecule has 0 aliphatic carbocycles. The molecule has 0 amide bonds. The maximum absolute atomic E-state index is 12.9. The zero-order valence-corrected chi connectivity index (χ0v) is 65.4. The lowest BCUT2D eigenvalue weighted by Crippen LogP contribution is -2.37. The number of carbonyl (C=O) groups is 2. The Kier molecular flexibility index (Phi) is 74.3. The number of allylic oxidation sites excluding steroid dienone is 22. The predicted octanol–water partition coefficient (Wildman–Crippen LogP) is 27.5. The van der Waals surface area contributed by atoms with Gasteiger partial charge in [-0.1, -0.05) is 372 Å². The van der Waals surface area contributed by atoms with E-state index in [2.05, 4.69) is 148 Å². The molecule has 10 heteroatoms. The van der Waals surface area contributed by atoms with Crippen LogP contribution in [0.1, 0.15) is 361 Å². The summed E-state index contributed by atoms with van der Waals surface area (Å²) in [7, 11) is 1.49. The summed E-state index contributed by atoms with van der Waals surface area (Å²) in [6.07, 6.45) is 113. The van der Waals surface area contributed by atoms with Crippen LogP contribution in [0.5, 0.6) is 0 Å². The van der Waals surface area contributed by atoms with E-state index in [-0.39, 0.29) is 32.0 Å². The van der Waals surface area contributed by atoms with Gasteiger partial charge >= 0.3 is 19.8 Å². The number of likely N-dealkylation sites (N-methyl/N-ethyl adjacent to an activating group) is 1. The molecule has 0 saturated carbocycles. The molecule has 2 atom stereocenters. The van der Waals surface area contributed by atoms with Gasteiger partial charge in [-0.05, 0) is 109 Å². The van der Waals surface area contributed by atoms with Crippen LogP contribution >= 0.6 is 7.82 Å². The van der Waals surface area contributed by atoms with E-state index >= 15 is 0 Å². The van der Waals surface area contributed by atoms with E-state index < -0.39 is 26.5 Å². The lowest BCUT2D eigenvalue weighted by molar-refractivity contribution is -0.870. The Morgan fingerprint density at radius 2 is 0.551 bits per heavy atom. The maximum Gasteiger partial charge on any atom is 0.472 e. The number of hydrogen-bond acceptors (Lipinski definition) is 7. The Balaban J connectivity index is 3.93. The molecule has 2 unspecified atom stereocenters. The highest BCUT2D eigenvalue weighted by Crippen LogP contribution is 2.43. The molecule has 0 heterocycles. The molecule has 564 valence electrons. The van der Waals surface area contributed by atoms with Gasteiger partial charge in [-0.25, -0.2) is 4.57 Å². The zero-order valence-electron chi connectivity index (χ0n) is 64.5. The number of phosphoric ester groups is 1. The Hall–Kier alpha value is -3.85. The topological polar surface area (TPSA) is 108 Å². The van der Waals surface area contributed by atoms with Crippen LogP contribution in [-0.2, 0) is 32.7 Å². The lowest BCUT2D eigenvalue weighted by atomic mass is 10.0. The molecule has 9 nitrogen and oxygen atoms in total. The number of quaternary nitrogens is 1. The van der Waals surface area contributed by atoms with Gasteiger partial charge in [0.15, 0.2) is 6.10 Å². The summed E-state index contributed by atoms with van der Waals surface area (Å²) in [6.45, 7) is 4.25. The van der Waals surface area contributed by atoms with Gasteiger partial charge in [-0.15, -0.1) is 0 Å². The van der Waals surface area contributed by atoms with Crippen LogP contribution in [0.3, 0.4) is 0 Å². The summed E-state index contributed by atoms with van der Waals surface area (Å²) in [5.74, 6) is -0.784. The van der Waals surface area contributed by atoms with Gasteiger partial charge in [0.05, 0.1) is 27.7 Å².